The molecule has 1 aromatic carbocycles. The number of piperazine rings is 2. The van der Waals surface area contributed by atoms with Gasteiger partial charge in [0, 0.05) is 58.4 Å². The van der Waals surface area contributed by atoms with E-state index in [1.807, 2.05) is 4.90 Å². The fourth-order valence-corrected chi connectivity index (χ4v) is 3.44. The van der Waals surface area contributed by atoms with Crippen LogP contribution in [-0.4, -0.2) is 79.0 Å². The first kappa shape index (κ1) is 16.4. The molecule has 0 bridgehead atoms. The first-order valence-corrected chi connectivity index (χ1v) is 8.71. The number of carbonyl (C=O) groups is 1. The Morgan fingerprint density at radius 3 is 2.48 bits per heavy atom. The van der Waals surface area contributed by atoms with E-state index < -0.39 is 0 Å². The molecule has 5 heteroatoms. The molecule has 2 fully saturated rings. The summed E-state index contributed by atoms with van der Waals surface area (Å²) in [7, 11) is 0. The maximum absolute atomic E-state index is 12.5. The minimum Gasteiger partial charge on any atom is -0.336 e. The molecular formula is C18H28N4O. The Labute approximate surface area is 139 Å². The van der Waals surface area contributed by atoms with E-state index in [0.29, 0.717) is 12.6 Å². The lowest BCUT2D eigenvalue weighted by Gasteiger charge is -2.38. The minimum absolute atomic E-state index is 0.288. The van der Waals surface area contributed by atoms with Gasteiger partial charge in [0.2, 0.25) is 5.91 Å². The molecule has 23 heavy (non-hydrogen) atoms. The number of hydrogen-bond acceptors (Lipinski definition) is 4. The topological polar surface area (TPSA) is 38.8 Å². The van der Waals surface area contributed by atoms with Crippen LogP contribution in [0.15, 0.2) is 30.3 Å². The lowest BCUT2D eigenvalue weighted by Crippen LogP contribution is -2.56. The summed E-state index contributed by atoms with van der Waals surface area (Å²) in [5.74, 6) is 0.288. The Morgan fingerprint density at radius 2 is 1.78 bits per heavy atom. The van der Waals surface area contributed by atoms with Crippen molar-refractivity contribution in [3.05, 3.63) is 35.9 Å². The first-order chi connectivity index (χ1) is 11.2. The molecule has 1 N–H and O–H groups in total. The van der Waals surface area contributed by atoms with E-state index >= 15 is 0 Å². The van der Waals surface area contributed by atoms with E-state index in [4.69, 9.17) is 0 Å². The third kappa shape index (κ3) is 4.53. The molecule has 0 unspecified atom stereocenters. The zero-order chi connectivity index (χ0) is 16.1. The van der Waals surface area contributed by atoms with E-state index in [1.165, 1.54) is 5.56 Å². The molecule has 2 saturated heterocycles. The van der Waals surface area contributed by atoms with Gasteiger partial charge in [-0.05, 0) is 12.5 Å². The number of rotatable bonds is 4. The van der Waals surface area contributed by atoms with Gasteiger partial charge in [-0.2, -0.15) is 0 Å². The average Bonchev–Trinajstić information content (AvgIpc) is 2.58. The molecule has 0 spiro atoms. The molecule has 0 aliphatic carbocycles. The molecule has 126 valence electrons. The van der Waals surface area contributed by atoms with E-state index in [0.717, 1.165) is 52.4 Å². The van der Waals surface area contributed by atoms with Gasteiger partial charge in [-0.1, -0.05) is 30.3 Å². The highest BCUT2D eigenvalue weighted by Crippen LogP contribution is 2.10. The van der Waals surface area contributed by atoms with Gasteiger partial charge in [0.15, 0.2) is 0 Å². The van der Waals surface area contributed by atoms with Gasteiger partial charge < -0.3 is 10.2 Å². The summed E-state index contributed by atoms with van der Waals surface area (Å²) in [6, 6.07) is 10.9. The second kappa shape index (κ2) is 7.90. The summed E-state index contributed by atoms with van der Waals surface area (Å²) in [5.41, 5.74) is 1.37. The molecule has 2 aliphatic heterocycles. The molecule has 1 aromatic rings. The Kier molecular flexibility index (Phi) is 5.65. The van der Waals surface area contributed by atoms with Crippen molar-refractivity contribution >= 4 is 5.91 Å². The van der Waals surface area contributed by atoms with Crippen LogP contribution in [0.3, 0.4) is 0 Å². The molecule has 5 nitrogen and oxygen atoms in total. The maximum Gasteiger partial charge on any atom is 0.237 e. The number of amides is 1. The smallest absolute Gasteiger partial charge is 0.237 e. The average molecular weight is 316 g/mol. The van der Waals surface area contributed by atoms with Crippen LogP contribution < -0.4 is 5.32 Å². The van der Waals surface area contributed by atoms with Crippen molar-refractivity contribution in [2.75, 3.05) is 52.4 Å². The summed E-state index contributed by atoms with van der Waals surface area (Å²) < 4.78 is 0. The number of benzene rings is 1. The van der Waals surface area contributed by atoms with Crippen LogP contribution in [0.25, 0.3) is 0 Å². The fraction of sp³-hybridized carbons (Fsp3) is 0.611. The summed E-state index contributed by atoms with van der Waals surface area (Å²) in [4.78, 5) is 19.3. The standard InChI is InChI=1S/C18H28N4O/c1-16-13-19-7-8-22(16)18(23)15-21-11-9-20(10-12-21)14-17-5-3-2-4-6-17/h2-6,16,19H,7-15H2,1H3/t16-/m0/s1. The highest BCUT2D eigenvalue weighted by atomic mass is 16.2. The second-order valence-corrected chi connectivity index (χ2v) is 6.68. The van der Waals surface area contributed by atoms with Crippen molar-refractivity contribution in [2.24, 2.45) is 0 Å². The van der Waals surface area contributed by atoms with Crippen LogP contribution in [0.4, 0.5) is 0 Å². The molecule has 1 atom stereocenters. The number of hydrogen-bond donors (Lipinski definition) is 1. The lowest BCUT2D eigenvalue weighted by atomic mass is 10.2. The normalized spacial score (nSPS) is 23.9. The predicted octanol–water partition coefficient (Wildman–Crippen LogP) is 0.625. The van der Waals surface area contributed by atoms with Crippen molar-refractivity contribution in [1.82, 2.24) is 20.0 Å². The Morgan fingerprint density at radius 1 is 1.09 bits per heavy atom. The Hall–Kier alpha value is -1.43. The molecule has 2 aliphatic rings. The van der Waals surface area contributed by atoms with Gasteiger partial charge in [0.1, 0.15) is 0 Å². The highest BCUT2D eigenvalue weighted by Gasteiger charge is 2.26. The Bertz CT molecular complexity index is 499. The molecule has 0 aromatic heterocycles. The molecule has 0 saturated carbocycles. The van der Waals surface area contributed by atoms with E-state index in [2.05, 4.69) is 52.4 Å². The van der Waals surface area contributed by atoms with Crippen molar-refractivity contribution < 1.29 is 4.79 Å². The van der Waals surface area contributed by atoms with Gasteiger partial charge in [-0.25, -0.2) is 0 Å². The third-order valence-electron chi connectivity index (χ3n) is 4.89. The number of nitrogens with zero attached hydrogens (tertiary/aromatic N) is 3. The molecule has 1 amide bonds. The fourth-order valence-electron chi connectivity index (χ4n) is 3.44. The Balaban J connectivity index is 1.43. The zero-order valence-electron chi connectivity index (χ0n) is 14.1. The van der Waals surface area contributed by atoms with Gasteiger partial charge in [-0.15, -0.1) is 0 Å². The van der Waals surface area contributed by atoms with Gasteiger partial charge in [0.25, 0.3) is 0 Å². The van der Waals surface area contributed by atoms with Crippen LogP contribution >= 0.6 is 0 Å². The van der Waals surface area contributed by atoms with Gasteiger partial charge >= 0.3 is 0 Å². The summed E-state index contributed by atoms with van der Waals surface area (Å²) in [5, 5.41) is 3.34. The van der Waals surface area contributed by atoms with Gasteiger partial charge in [-0.3, -0.25) is 14.6 Å². The monoisotopic (exact) mass is 316 g/mol. The van der Waals surface area contributed by atoms with E-state index in [9.17, 15) is 4.79 Å². The highest BCUT2D eigenvalue weighted by molar-refractivity contribution is 5.78. The quantitative estimate of drug-likeness (QED) is 0.884. The summed E-state index contributed by atoms with van der Waals surface area (Å²) in [6.45, 7) is 10.4. The largest absolute Gasteiger partial charge is 0.336 e. The van der Waals surface area contributed by atoms with Crippen LogP contribution in [0.2, 0.25) is 0 Å². The SMILES string of the molecule is C[C@H]1CNCCN1C(=O)CN1CCN(Cc2ccccc2)CC1. The van der Waals surface area contributed by atoms with E-state index in [1.54, 1.807) is 0 Å². The molecule has 3 rings (SSSR count). The molecule has 2 heterocycles. The van der Waals surface area contributed by atoms with Crippen molar-refractivity contribution in [1.29, 1.82) is 0 Å². The molecule has 0 radical (unpaired) electrons. The van der Waals surface area contributed by atoms with Crippen LogP contribution in [0, 0.1) is 0 Å². The lowest BCUT2D eigenvalue weighted by molar-refractivity contribution is -0.135. The van der Waals surface area contributed by atoms with Crippen molar-refractivity contribution in [2.45, 2.75) is 19.5 Å². The van der Waals surface area contributed by atoms with Crippen LogP contribution in [0.5, 0.6) is 0 Å². The summed E-state index contributed by atoms with van der Waals surface area (Å²) >= 11 is 0. The van der Waals surface area contributed by atoms with E-state index in [-0.39, 0.29) is 5.91 Å². The second-order valence-electron chi connectivity index (χ2n) is 6.68. The van der Waals surface area contributed by atoms with Crippen molar-refractivity contribution in [3.8, 4) is 0 Å². The maximum atomic E-state index is 12.5. The third-order valence-corrected chi connectivity index (χ3v) is 4.89. The van der Waals surface area contributed by atoms with Crippen molar-refractivity contribution in [3.63, 3.8) is 0 Å². The summed E-state index contributed by atoms with van der Waals surface area (Å²) in [6.07, 6.45) is 0. The van der Waals surface area contributed by atoms with Crippen LogP contribution in [0.1, 0.15) is 12.5 Å². The van der Waals surface area contributed by atoms with Crippen LogP contribution in [-0.2, 0) is 11.3 Å². The zero-order valence-corrected chi connectivity index (χ0v) is 14.1. The number of nitrogens with one attached hydrogen (secondary N) is 1. The predicted molar refractivity (Wildman–Crippen MR) is 92.2 cm³/mol. The van der Waals surface area contributed by atoms with Gasteiger partial charge in [0.05, 0.1) is 6.54 Å². The minimum atomic E-state index is 0.288. The first-order valence-electron chi connectivity index (χ1n) is 8.71. The molecular weight excluding hydrogens is 288 g/mol. The number of carbonyl (C=O) groups excluding carboxylic acids is 1.